The first-order chi connectivity index (χ1) is 10.6. The van der Waals surface area contributed by atoms with E-state index < -0.39 is 0 Å². The average Bonchev–Trinajstić information content (AvgIpc) is 2.94. The minimum atomic E-state index is -0.0123. The molecule has 2 fully saturated rings. The number of benzene rings is 1. The lowest BCUT2D eigenvalue weighted by Gasteiger charge is -2.47. The van der Waals surface area contributed by atoms with Gasteiger partial charge in [0.2, 0.25) is 0 Å². The predicted octanol–water partition coefficient (Wildman–Crippen LogP) is 1.53. The molecule has 1 amide bonds. The highest BCUT2D eigenvalue weighted by Crippen LogP contribution is 2.43. The van der Waals surface area contributed by atoms with Gasteiger partial charge in [0.05, 0.1) is 12.7 Å². The summed E-state index contributed by atoms with van der Waals surface area (Å²) in [5.41, 5.74) is 1.78. The highest BCUT2D eigenvalue weighted by atomic mass is 16.5. The van der Waals surface area contributed by atoms with Crippen molar-refractivity contribution in [3.63, 3.8) is 0 Å². The Morgan fingerprint density at radius 2 is 2.09 bits per heavy atom. The van der Waals surface area contributed by atoms with Crippen LogP contribution in [0.15, 0.2) is 24.3 Å². The van der Waals surface area contributed by atoms with Crippen LogP contribution in [0.25, 0.3) is 0 Å². The Hall–Kier alpha value is -1.59. The molecule has 0 aromatic heterocycles. The lowest BCUT2D eigenvalue weighted by Crippen LogP contribution is -2.62. The second kappa shape index (κ2) is 6.26. The molecule has 1 aliphatic heterocycles. The third kappa shape index (κ3) is 2.71. The fourth-order valence-corrected chi connectivity index (χ4v) is 3.58. The summed E-state index contributed by atoms with van der Waals surface area (Å²) in [6.07, 6.45) is 1.27. The van der Waals surface area contributed by atoms with Crippen LogP contribution < -0.4 is 10.2 Å². The minimum Gasteiger partial charge on any atom is -0.384 e. The number of methoxy groups -OCH3 is 1. The van der Waals surface area contributed by atoms with Crippen molar-refractivity contribution < 1.29 is 14.3 Å². The number of amides is 1. The fraction of sp³-hybridized carbons (Fsp3) is 0.588. The van der Waals surface area contributed by atoms with Crippen molar-refractivity contribution in [3.8, 4) is 0 Å². The molecule has 22 heavy (non-hydrogen) atoms. The van der Waals surface area contributed by atoms with E-state index in [0.29, 0.717) is 18.1 Å². The number of hydrogen-bond donors (Lipinski definition) is 1. The van der Waals surface area contributed by atoms with E-state index in [0.717, 1.165) is 18.7 Å². The lowest BCUT2D eigenvalue weighted by molar-refractivity contribution is -0.0809. The lowest BCUT2D eigenvalue weighted by atomic mass is 9.67. The Morgan fingerprint density at radius 1 is 1.36 bits per heavy atom. The number of nitrogens with one attached hydrogen (secondary N) is 1. The molecule has 5 heteroatoms. The van der Waals surface area contributed by atoms with Crippen LogP contribution in [0.3, 0.4) is 0 Å². The van der Waals surface area contributed by atoms with E-state index in [1.54, 1.807) is 7.11 Å². The van der Waals surface area contributed by atoms with Crippen LogP contribution in [0.2, 0.25) is 0 Å². The zero-order valence-corrected chi connectivity index (χ0v) is 13.4. The number of carbonyl (C=O) groups is 1. The number of hydrogen-bond acceptors (Lipinski definition) is 4. The molecule has 0 spiro atoms. The second-order valence-electron chi connectivity index (χ2n) is 6.35. The Morgan fingerprint density at radius 3 is 2.73 bits per heavy atom. The molecule has 3 rings (SSSR count). The van der Waals surface area contributed by atoms with Crippen molar-refractivity contribution in [2.75, 3.05) is 39.3 Å². The Labute approximate surface area is 131 Å². The molecule has 1 saturated carbocycles. The van der Waals surface area contributed by atoms with Crippen LogP contribution in [-0.2, 0) is 9.47 Å². The van der Waals surface area contributed by atoms with Crippen molar-refractivity contribution in [2.45, 2.75) is 18.6 Å². The van der Waals surface area contributed by atoms with Crippen LogP contribution in [0, 0.1) is 11.8 Å². The first-order valence-corrected chi connectivity index (χ1v) is 7.80. The van der Waals surface area contributed by atoms with Crippen LogP contribution in [-0.4, -0.2) is 52.5 Å². The number of ether oxygens (including phenoxy) is 2. The zero-order valence-electron chi connectivity index (χ0n) is 13.4. The van der Waals surface area contributed by atoms with E-state index in [4.69, 9.17) is 9.47 Å². The molecular formula is C17H24N2O3. The third-order valence-electron chi connectivity index (χ3n) is 4.83. The molecule has 1 aromatic rings. The van der Waals surface area contributed by atoms with Crippen LogP contribution in [0.1, 0.15) is 16.8 Å². The van der Waals surface area contributed by atoms with Crippen LogP contribution in [0.4, 0.5) is 5.69 Å². The standard InChI is InChI=1S/C17H24N2O3/c1-19(2)12-6-4-11(5-7-12)17(20)18-15-13-8-9-22-16(13)14(15)10-21-3/h4-7,13-16H,8-10H2,1-3H3,(H,18,20)/t13-,14+,15+,16-/m0/s1. The van der Waals surface area contributed by atoms with Gasteiger partial charge in [-0.25, -0.2) is 0 Å². The molecule has 1 heterocycles. The van der Waals surface area contributed by atoms with Crippen LogP contribution in [0.5, 0.6) is 0 Å². The number of rotatable bonds is 5. The Bertz CT molecular complexity index is 529. The fourth-order valence-electron chi connectivity index (χ4n) is 3.58. The summed E-state index contributed by atoms with van der Waals surface area (Å²) in [5.74, 6) is 0.689. The molecule has 0 unspecified atom stereocenters. The SMILES string of the molecule is COC[C@@H]1[C@H](NC(=O)c2ccc(N(C)C)cc2)[C@@H]2CCO[C@H]12. The zero-order chi connectivity index (χ0) is 15.7. The van der Waals surface area contributed by atoms with E-state index in [-0.39, 0.29) is 24.0 Å². The van der Waals surface area contributed by atoms with Gasteiger partial charge < -0.3 is 19.7 Å². The van der Waals surface area contributed by atoms with Gasteiger partial charge >= 0.3 is 0 Å². The maximum absolute atomic E-state index is 12.5. The minimum absolute atomic E-state index is 0.0123. The van der Waals surface area contributed by atoms with Crippen molar-refractivity contribution in [1.82, 2.24) is 5.32 Å². The highest BCUT2D eigenvalue weighted by molar-refractivity contribution is 5.94. The van der Waals surface area contributed by atoms with Crippen molar-refractivity contribution >= 4 is 11.6 Å². The summed E-state index contributed by atoms with van der Waals surface area (Å²) in [4.78, 5) is 14.5. The van der Waals surface area contributed by atoms with Crippen molar-refractivity contribution in [2.24, 2.45) is 11.8 Å². The Kier molecular flexibility index (Phi) is 4.36. The van der Waals surface area contributed by atoms with Gasteiger partial charge in [0.1, 0.15) is 0 Å². The quantitative estimate of drug-likeness (QED) is 0.896. The second-order valence-corrected chi connectivity index (χ2v) is 6.35. The van der Waals surface area contributed by atoms with Gasteiger partial charge in [0.25, 0.3) is 5.91 Å². The van der Waals surface area contributed by atoms with Gasteiger partial charge in [-0.1, -0.05) is 0 Å². The molecule has 0 bridgehead atoms. The maximum atomic E-state index is 12.5. The highest BCUT2D eigenvalue weighted by Gasteiger charge is 2.54. The largest absolute Gasteiger partial charge is 0.384 e. The van der Waals surface area contributed by atoms with Gasteiger partial charge in [0, 0.05) is 56.9 Å². The molecule has 0 radical (unpaired) electrons. The van der Waals surface area contributed by atoms with Gasteiger partial charge in [0.15, 0.2) is 0 Å². The topological polar surface area (TPSA) is 50.8 Å². The number of nitrogens with zero attached hydrogens (tertiary/aromatic N) is 1. The van der Waals surface area contributed by atoms with E-state index in [2.05, 4.69) is 5.32 Å². The summed E-state index contributed by atoms with van der Waals surface area (Å²) in [6, 6.07) is 7.83. The van der Waals surface area contributed by atoms with E-state index in [1.165, 1.54) is 0 Å². The molecule has 1 aliphatic carbocycles. The van der Waals surface area contributed by atoms with Gasteiger partial charge in [-0.3, -0.25) is 4.79 Å². The van der Waals surface area contributed by atoms with Gasteiger partial charge in [-0.05, 0) is 30.7 Å². The van der Waals surface area contributed by atoms with Gasteiger partial charge in [-0.15, -0.1) is 0 Å². The summed E-state index contributed by atoms with van der Waals surface area (Å²) in [7, 11) is 5.67. The molecule has 5 nitrogen and oxygen atoms in total. The van der Waals surface area contributed by atoms with Gasteiger partial charge in [-0.2, -0.15) is 0 Å². The van der Waals surface area contributed by atoms with Crippen molar-refractivity contribution in [3.05, 3.63) is 29.8 Å². The molecule has 1 aromatic carbocycles. The molecule has 120 valence electrons. The summed E-state index contributed by atoms with van der Waals surface area (Å²) >= 11 is 0. The van der Waals surface area contributed by atoms with E-state index in [1.807, 2.05) is 43.3 Å². The number of fused-ring (bicyclic) bond motifs is 1. The van der Waals surface area contributed by atoms with Crippen LogP contribution >= 0.6 is 0 Å². The smallest absolute Gasteiger partial charge is 0.251 e. The monoisotopic (exact) mass is 304 g/mol. The summed E-state index contributed by atoms with van der Waals surface area (Å²) < 4.78 is 11.0. The first kappa shape index (κ1) is 15.3. The summed E-state index contributed by atoms with van der Waals surface area (Å²) in [6.45, 7) is 1.42. The molecule has 1 N–H and O–H groups in total. The number of carbonyl (C=O) groups excluding carboxylic acids is 1. The third-order valence-corrected chi connectivity index (χ3v) is 4.83. The first-order valence-electron chi connectivity index (χ1n) is 7.80. The predicted molar refractivity (Wildman–Crippen MR) is 85.2 cm³/mol. The average molecular weight is 304 g/mol. The molecule has 2 aliphatic rings. The molecule has 1 saturated heterocycles. The normalized spacial score (nSPS) is 29.6. The summed E-state index contributed by atoms with van der Waals surface area (Å²) in [5, 5.41) is 3.18. The van der Waals surface area contributed by atoms with E-state index >= 15 is 0 Å². The Balaban J connectivity index is 1.65. The molecule has 4 atom stereocenters. The maximum Gasteiger partial charge on any atom is 0.251 e. The van der Waals surface area contributed by atoms with Crippen molar-refractivity contribution in [1.29, 1.82) is 0 Å². The molecular weight excluding hydrogens is 280 g/mol. The number of anilines is 1. The van der Waals surface area contributed by atoms with E-state index in [9.17, 15) is 4.79 Å².